The van der Waals surface area contributed by atoms with Crippen LogP contribution in [-0.2, 0) is 0 Å². The van der Waals surface area contributed by atoms with E-state index in [9.17, 15) is 4.79 Å². The van der Waals surface area contributed by atoms with Crippen LogP contribution < -0.4 is 5.32 Å². The monoisotopic (exact) mass is 250 g/mol. The van der Waals surface area contributed by atoms with E-state index in [1.54, 1.807) is 11.8 Å². The van der Waals surface area contributed by atoms with Crippen molar-refractivity contribution in [2.45, 2.75) is 17.9 Å². The van der Waals surface area contributed by atoms with Crippen molar-refractivity contribution in [1.29, 1.82) is 0 Å². The number of amides is 1. The zero-order valence-corrected chi connectivity index (χ0v) is 11.1. The van der Waals surface area contributed by atoms with Crippen LogP contribution in [0.5, 0.6) is 0 Å². The number of thioether (sulfide) groups is 1. The largest absolute Gasteiger partial charge is 0.336 e. The predicted molar refractivity (Wildman–Crippen MR) is 71.6 cm³/mol. The van der Waals surface area contributed by atoms with Crippen LogP contribution in [0.2, 0.25) is 0 Å². The summed E-state index contributed by atoms with van der Waals surface area (Å²) in [5.74, 6) is 0.156. The summed E-state index contributed by atoms with van der Waals surface area (Å²) < 4.78 is 0. The molecule has 0 bridgehead atoms. The third-order valence-electron chi connectivity index (χ3n) is 2.99. The van der Waals surface area contributed by atoms with Gasteiger partial charge in [-0.3, -0.25) is 4.79 Å². The molecule has 0 spiro atoms. The lowest BCUT2D eigenvalue weighted by Crippen LogP contribution is -2.51. The summed E-state index contributed by atoms with van der Waals surface area (Å²) in [7, 11) is 0. The SMILES string of the molecule is CSc1ccccc1C(=O)N1CCN[C@@H](C)C1. The van der Waals surface area contributed by atoms with Crippen LogP contribution in [0.1, 0.15) is 17.3 Å². The van der Waals surface area contributed by atoms with Crippen molar-refractivity contribution in [3.05, 3.63) is 29.8 Å². The van der Waals surface area contributed by atoms with Crippen LogP contribution in [0.3, 0.4) is 0 Å². The number of piperazine rings is 1. The maximum atomic E-state index is 12.4. The molecule has 92 valence electrons. The van der Waals surface area contributed by atoms with Crippen LogP contribution in [0.4, 0.5) is 0 Å². The lowest BCUT2D eigenvalue weighted by molar-refractivity contribution is 0.0705. The van der Waals surface area contributed by atoms with Gasteiger partial charge in [0.05, 0.1) is 5.56 Å². The van der Waals surface area contributed by atoms with Gasteiger partial charge < -0.3 is 10.2 Å². The van der Waals surface area contributed by atoms with Gasteiger partial charge in [-0.15, -0.1) is 11.8 Å². The van der Waals surface area contributed by atoms with Gasteiger partial charge in [0, 0.05) is 30.6 Å². The summed E-state index contributed by atoms with van der Waals surface area (Å²) in [6, 6.07) is 8.21. The Hall–Kier alpha value is -1.00. The fourth-order valence-corrected chi connectivity index (χ4v) is 2.70. The van der Waals surface area contributed by atoms with E-state index in [-0.39, 0.29) is 5.91 Å². The molecule has 1 aromatic carbocycles. The first kappa shape index (κ1) is 12.5. The first-order chi connectivity index (χ1) is 8.22. The molecule has 1 aromatic rings. The molecule has 1 saturated heterocycles. The highest BCUT2D eigenvalue weighted by Gasteiger charge is 2.22. The molecule has 1 N–H and O–H groups in total. The minimum atomic E-state index is 0.156. The first-order valence-electron chi connectivity index (χ1n) is 5.88. The molecule has 2 rings (SSSR count). The minimum Gasteiger partial charge on any atom is -0.336 e. The number of rotatable bonds is 2. The number of benzene rings is 1. The minimum absolute atomic E-state index is 0.156. The fraction of sp³-hybridized carbons (Fsp3) is 0.462. The summed E-state index contributed by atoms with van der Waals surface area (Å²) in [5, 5.41) is 3.35. The van der Waals surface area contributed by atoms with Crippen molar-refractivity contribution in [3.63, 3.8) is 0 Å². The zero-order chi connectivity index (χ0) is 12.3. The van der Waals surface area contributed by atoms with Crippen LogP contribution >= 0.6 is 11.8 Å². The van der Waals surface area contributed by atoms with Gasteiger partial charge in [0.25, 0.3) is 5.91 Å². The number of hydrogen-bond donors (Lipinski definition) is 1. The zero-order valence-electron chi connectivity index (χ0n) is 10.3. The summed E-state index contributed by atoms with van der Waals surface area (Å²) in [6.07, 6.45) is 2.01. The first-order valence-corrected chi connectivity index (χ1v) is 7.10. The van der Waals surface area contributed by atoms with Gasteiger partial charge in [0.15, 0.2) is 0 Å². The van der Waals surface area contributed by atoms with E-state index in [2.05, 4.69) is 12.2 Å². The third kappa shape index (κ3) is 2.82. The molecule has 1 fully saturated rings. The Bertz CT molecular complexity index is 408. The second-order valence-corrected chi connectivity index (χ2v) is 5.15. The number of nitrogens with one attached hydrogen (secondary N) is 1. The van der Waals surface area contributed by atoms with Crippen molar-refractivity contribution < 1.29 is 4.79 Å². The topological polar surface area (TPSA) is 32.3 Å². The van der Waals surface area contributed by atoms with Gasteiger partial charge in [-0.25, -0.2) is 0 Å². The lowest BCUT2D eigenvalue weighted by atomic mass is 10.1. The molecule has 4 heteroatoms. The maximum absolute atomic E-state index is 12.4. The smallest absolute Gasteiger partial charge is 0.255 e. The summed E-state index contributed by atoms with van der Waals surface area (Å²) in [4.78, 5) is 15.4. The molecular weight excluding hydrogens is 232 g/mol. The second-order valence-electron chi connectivity index (χ2n) is 4.31. The van der Waals surface area contributed by atoms with Crippen LogP contribution in [0, 0.1) is 0 Å². The van der Waals surface area contributed by atoms with Crippen molar-refractivity contribution >= 4 is 17.7 Å². The number of hydrogen-bond acceptors (Lipinski definition) is 3. The molecule has 0 aliphatic carbocycles. The highest BCUT2D eigenvalue weighted by molar-refractivity contribution is 7.98. The molecule has 1 aliphatic rings. The van der Waals surface area contributed by atoms with E-state index in [0.29, 0.717) is 6.04 Å². The van der Waals surface area contributed by atoms with Crippen molar-refractivity contribution in [2.24, 2.45) is 0 Å². The van der Waals surface area contributed by atoms with E-state index in [0.717, 1.165) is 30.1 Å². The Balaban J connectivity index is 2.18. The molecule has 1 amide bonds. The van der Waals surface area contributed by atoms with Gasteiger partial charge >= 0.3 is 0 Å². The summed E-state index contributed by atoms with van der Waals surface area (Å²) in [6.45, 7) is 4.59. The molecule has 1 aliphatic heterocycles. The average molecular weight is 250 g/mol. The quantitative estimate of drug-likeness (QED) is 0.813. The van der Waals surface area contributed by atoms with E-state index in [1.165, 1.54) is 0 Å². The Morgan fingerprint density at radius 3 is 2.94 bits per heavy atom. The maximum Gasteiger partial charge on any atom is 0.255 e. The third-order valence-corrected chi connectivity index (χ3v) is 3.79. The molecule has 0 saturated carbocycles. The average Bonchev–Trinajstić information content (AvgIpc) is 2.38. The normalized spacial score (nSPS) is 20.4. The van der Waals surface area contributed by atoms with Gasteiger partial charge in [-0.2, -0.15) is 0 Å². The van der Waals surface area contributed by atoms with Crippen LogP contribution in [0.15, 0.2) is 29.2 Å². The van der Waals surface area contributed by atoms with Crippen molar-refractivity contribution in [3.8, 4) is 0 Å². The lowest BCUT2D eigenvalue weighted by Gasteiger charge is -2.32. The molecular formula is C13H18N2OS. The fourth-order valence-electron chi connectivity index (χ4n) is 2.11. The molecule has 0 radical (unpaired) electrons. The van der Waals surface area contributed by atoms with Gasteiger partial charge in [-0.05, 0) is 25.3 Å². The standard InChI is InChI=1S/C13H18N2OS/c1-10-9-15(8-7-14-10)13(16)11-5-3-4-6-12(11)17-2/h3-6,10,14H,7-9H2,1-2H3/t10-/m0/s1. The predicted octanol–water partition coefficient (Wildman–Crippen LogP) is 1.84. The van der Waals surface area contributed by atoms with Crippen LogP contribution in [-0.4, -0.2) is 42.7 Å². The number of nitrogens with zero attached hydrogens (tertiary/aromatic N) is 1. The van der Waals surface area contributed by atoms with Crippen LogP contribution in [0.25, 0.3) is 0 Å². The van der Waals surface area contributed by atoms with Crippen molar-refractivity contribution in [2.75, 3.05) is 25.9 Å². The Labute approximate surface area is 107 Å². The number of carbonyl (C=O) groups is 1. The molecule has 0 aromatic heterocycles. The van der Waals surface area contributed by atoms with E-state index in [1.807, 2.05) is 35.4 Å². The van der Waals surface area contributed by atoms with Gasteiger partial charge in [0.1, 0.15) is 0 Å². The summed E-state index contributed by atoms with van der Waals surface area (Å²) in [5.41, 5.74) is 0.828. The molecule has 1 heterocycles. The molecule has 3 nitrogen and oxygen atoms in total. The van der Waals surface area contributed by atoms with E-state index >= 15 is 0 Å². The van der Waals surface area contributed by atoms with Gasteiger partial charge in [-0.1, -0.05) is 12.1 Å². The van der Waals surface area contributed by atoms with Gasteiger partial charge in [0.2, 0.25) is 0 Å². The van der Waals surface area contributed by atoms with E-state index < -0.39 is 0 Å². The highest BCUT2D eigenvalue weighted by atomic mass is 32.2. The molecule has 1 atom stereocenters. The van der Waals surface area contributed by atoms with Crippen molar-refractivity contribution in [1.82, 2.24) is 10.2 Å². The molecule has 0 unspecified atom stereocenters. The van der Waals surface area contributed by atoms with E-state index in [4.69, 9.17) is 0 Å². The Morgan fingerprint density at radius 2 is 2.24 bits per heavy atom. The Morgan fingerprint density at radius 1 is 1.47 bits per heavy atom. The number of carbonyl (C=O) groups excluding carboxylic acids is 1. The Kier molecular flexibility index (Phi) is 4.07. The highest BCUT2D eigenvalue weighted by Crippen LogP contribution is 2.21. The second kappa shape index (κ2) is 5.56. The molecule has 17 heavy (non-hydrogen) atoms. The summed E-state index contributed by atoms with van der Waals surface area (Å²) >= 11 is 1.63.